The molecule has 0 aromatic carbocycles. The third-order valence-corrected chi connectivity index (χ3v) is 7.21. The largest absolute Gasteiger partial charge is 0.465 e. The van der Waals surface area contributed by atoms with E-state index in [1.54, 1.807) is 0 Å². The van der Waals surface area contributed by atoms with E-state index in [9.17, 15) is 9.59 Å². The summed E-state index contributed by atoms with van der Waals surface area (Å²) >= 11 is 6.83. The zero-order valence-electron chi connectivity index (χ0n) is 19.1. The minimum Gasteiger partial charge on any atom is -0.465 e. The normalized spacial score (nSPS) is 12.5. The molecule has 0 aliphatic heterocycles. The van der Waals surface area contributed by atoms with E-state index < -0.39 is 0 Å². The molecule has 0 atom stereocenters. The Kier molecular flexibility index (Phi) is 12.1. The molecule has 1 aliphatic rings. The van der Waals surface area contributed by atoms with Gasteiger partial charge in [-0.3, -0.25) is 4.79 Å². The van der Waals surface area contributed by atoms with Gasteiger partial charge in [-0.05, 0) is 43.5 Å². The van der Waals surface area contributed by atoms with Crippen molar-refractivity contribution in [2.45, 2.75) is 103 Å². The van der Waals surface area contributed by atoms with Gasteiger partial charge in [0.05, 0.1) is 12.7 Å². The molecule has 0 bridgehead atoms. The molecule has 1 aromatic heterocycles. The molecule has 0 saturated heterocycles. The minimum absolute atomic E-state index is 0.0721. The highest BCUT2D eigenvalue weighted by molar-refractivity contribution is 7.80. The number of thiophene rings is 1. The summed E-state index contributed by atoms with van der Waals surface area (Å²) in [5.41, 5.74) is 1.64. The molecular weight excluding hydrogens is 428 g/mol. The predicted molar refractivity (Wildman–Crippen MR) is 133 cm³/mol. The maximum absolute atomic E-state index is 12.2. The summed E-state index contributed by atoms with van der Waals surface area (Å²) in [4.78, 5) is 25.6. The number of hydrogen-bond donors (Lipinski definition) is 2. The quantitative estimate of drug-likeness (QED) is 0.185. The lowest BCUT2D eigenvalue weighted by atomic mass is 10.1. The van der Waals surface area contributed by atoms with Gasteiger partial charge in [0, 0.05) is 11.3 Å². The fourth-order valence-corrected chi connectivity index (χ4v) is 5.65. The van der Waals surface area contributed by atoms with Crippen LogP contribution in [0.2, 0.25) is 0 Å². The van der Waals surface area contributed by atoms with Crippen molar-refractivity contribution in [3.63, 3.8) is 0 Å². The molecule has 0 saturated carbocycles. The molecule has 1 heterocycles. The SMILES string of the molecule is CCCCCCCCCCCCCC(=O)NC(=S)Nc1sc2c(c1C(=O)OC)CCC2. The lowest BCUT2D eigenvalue weighted by Crippen LogP contribution is -2.34. The van der Waals surface area contributed by atoms with Gasteiger partial charge in [0.2, 0.25) is 5.91 Å². The number of fused-ring (bicyclic) bond motifs is 1. The molecular formula is C24H38N2O3S2. The van der Waals surface area contributed by atoms with E-state index in [1.165, 1.54) is 81.1 Å². The maximum atomic E-state index is 12.2. The van der Waals surface area contributed by atoms with Gasteiger partial charge in [0.15, 0.2) is 5.11 Å². The summed E-state index contributed by atoms with van der Waals surface area (Å²) in [5.74, 6) is -0.422. The predicted octanol–water partition coefficient (Wildman–Crippen LogP) is 6.54. The van der Waals surface area contributed by atoms with E-state index in [1.807, 2.05) is 0 Å². The van der Waals surface area contributed by atoms with E-state index in [4.69, 9.17) is 17.0 Å². The maximum Gasteiger partial charge on any atom is 0.341 e. The summed E-state index contributed by atoms with van der Waals surface area (Å²) in [6, 6.07) is 0. The summed E-state index contributed by atoms with van der Waals surface area (Å²) < 4.78 is 4.94. The summed E-state index contributed by atoms with van der Waals surface area (Å²) in [6.07, 6.45) is 17.2. The molecule has 31 heavy (non-hydrogen) atoms. The van der Waals surface area contributed by atoms with E-state index in [-0.39, 0.29) is 17.0 Å². The van der Waals surface area contributed by atoms with Crippen LogP contribution in [0.15, 0.2) is 0 Å². The Hall–Kier alpha value is -1.47. The number of carbonyl (C=O) groups is 2. The van der Waals surface area contributed by atoms with Gasteiger partial charge in [0.1, 0.15) is 5.00 Å². The Morgan fingerprint density at radius 2 is 1.58 bits per heavy atom. The molecule has 2 N–H and O–H groups in total. The van der Waals surface area contributed by atoms with Gasteiger partial charge >= 0.3 is 5.97 Å². The van der Waals surface area contributed by atoms with Crippen molar-refractivity contribution >= 4 is 45.5 Å². The Balaban J connectivity index is 1.60. The van der Waals surface area contributed by atoms with Crippen LogP contribution in [0, 0.1) is 0 Å². The first-order valence-corrected chi connectivity index (χ1v) is 13.1. The van der Waals surface area contributed by atoms with Crippen LogP contribution in [0.1, 0.15) is 111 Å². The number of carbonyl (C=O) groups excluding carboxylic acids is 2. The van der Waals surface area contributed by atoms with Gasteiger partial charge < -0.3 is 15.4 Å². The van der Waals surface area contributed by atoms with E-state index in [0.717, 1.165) is 37.7 Å². The average Bonchev–Trinajstić information content (AvgIpc) is 3.32. The molecule has 0 unspecified atom stereocenters. The topological polar surface area (TPSA) is 67.4 Å². The first kappa shape index (κ1) is 25.8. The summed E-state index contributed by atoms with van der Waals surface area (Å²) in [5, 5.41) is 6.72. The van der Waals surface area contributed by atoms with E-state index >= 15 is 0 Å². The molecule has 0 fully saturated rings. The monoisotopic (exact) mass is 466 g/mol. The van der Waals surface area contributed by atoms with Crippen molar-refractivity contribution in [3.8, 4) is 0 Å². The Labute approximate surface area is 196 Å². The molecule has 1 amide bonds. The fourth-order valence-electron chi connectivity index (χ4n) is 4.08. The van der Waals surface area contributed by atoms with Gasteiger partial charge in [-0.1, -0.05) is 71.1 Å². The zero-order chi connectivity index (χ0) is 22.5. The van der Waals surface area contributed by atoms with E-state index in [0.29, 0.717) is 17.0 Å². The van der Waals surface area contributed by atoms with Crippen LogP contribution in [-0.4, -0.2) is 24.1 Å². The number of anilines is 1. The van der Waals surface area contributed by atoms with Crippen LogP contribution in [0.3, 0.4) is 0 Å². The molecule has 7 heteroatoms. The zero-order valence-corrected chi connectivity index (χ0v) is 20.8. The summed E-state index contributed by atoms with van der Waals surface area (Å²) in [7, 11) is 1.39. The van der Waals surface area contributed by atoms with Gasteiger partial charge in [-0.2, -0.15) is 0 Å². The number of unbranched alkanes of at least 4 members (excludes halogenated alkanes) is 10. The second kappa shape index (κ2) is 14.6. The lowest BCUT2D eigenvalue weighted by molar-refractivity contribution is -0.119. The van der Waals surface area contributed by atoms with Crippen molar-refractivity contribution in [3.05, 3.63) is 16.0 Å². The molecule has 1 aromatic rings. The van der Waals surface area contributed by atoms with Crippen molar-refractivity contribution in [2.75, 3.05) is 12.4 Å². The molecule has 0 spiro atoms. The van der Waals surface area contributed by atoms with Crippen LogP contribution < -0.4 is 10.6 Å². The van der Waals surface area contributed by atoms with Crippen molar-refractivity contribution in [2.24, 2.45) is 0 Å². The fraction of sp³-hybridized carbons (Fsp3) is 0.708. The van der Waals surface area contributed by atoms with Crippen molar-refractivity contribution < 1.29 is 14.3 Å². The highest BCUT2D eigenvalue weighted by Crippen LogP contribution is 2.39. The number of amides is 1. The number of methoxy groups -OCH3 is 1. The third kappa shape index (κ3) is 8.89. The summed E-state index contributed by atoms with van der Waals surface area (Å²) in [6.45, 7) is 2.25. The second-order valence-electron chi connectivity index (χ2n) is 8.34. The van der Waals surface area contributed by atoms with Gasteiger partial charge in [-0.15, -0.1) is 11.3 Å². The minimum atomic E-state index is -0.350. The average molecular weight is 467 g/mol. The van der Waals surface area contributed by atoms with Crippen LogP contribution in [0.5, 0.6) is 0 Å². The van der Waals surface area contributed by atoms with Gasteiger partial charge in [-0.25, -0.2) is 4.79 Å². The highest BCUT2D eigenvalue weighted by Gasteiger charge is 2.27. The Bertz CT molecular complexity index is 731. The lowest BCUT2D eigenvalue weighted by Gasteiger charge is -2.10. The molecule has 1 aliphatic carbocycles. The van der Waals surface area contributed by atoms with Crippen LogP contribution in [0.25, 0.3) is 0 Å². The molecule has 0 radical (unpaired) electrons. The molecule has 5 nitrogen and oxygen atoms in total. The number of thiocarbonyl (C=S) groups is 1. The number of rotatable bonds is 14. The number of hydrogen-bond acceptors (Lipinski definition) is 5. The number of esters is 1. The second-order valence-corrected chi connectivity index (χ2v) is 9.85. The Morgan fingerprint density at radius 1 is 0.968 bits per heavy atom. The smallest absolute Gasteiger partial charge is 0.341 e. The Morgan fingerprint density at radius 3 is 2.19 bits per heavy atom. The number of nitrogens with one attached hydrogen (secondary N) is 2. The number of ether oxygens (including phenoxy) is 1. The third-order valence-electron chi connectivity index (χ3n) is 5.80. The number of aryl methyl sites for hydroxylation is 1. The van der Waals surface area contributed by atoms with Gasteiger partial charge in [0.25, 0.3) is 0 Å². The van der Waals surface area contributed by atoms with Crippen LogP contribution in [0.4, 0.5) is 5.00 Å². The van der Waals surface area contributed by atoms with Crippen molar-refractivity contribution in [1.29, 1.82) is 0 Å². The standard InChI is InChI=1S/C24H38N2O3S2/c1-3-4-5-6-7-8-9-10-11-12-13-17-20(27)25-24(30)26-22-21(23(28)29-2)18-15-14-16-19(18)31-22/h3-17H2,1-2H3,(H2,25,26,27,30). The first-order chi connectivity index (χ1) is 15.1. The molecule has 2 rings (SSSR count). The van der Waals surface area contributed by atoms with Crippen LogP contribution >= 0.6 is 23.6 Å². The molecule has 174 valence electrons. The first-order valence-electron chi connectivity index (χ1n) is 11.9. The van der Waals surface area contributed by atoms with Crippen molar-refractivity contribution in [1.82, 2.24) is 5.32 Å². The van der Waals surface area contributed by atoms with E-state index in [2.05, 4.69) is 17.6 Å². The van der Waals surface area contributed by atoms with Crippen LogP contribution in [-0.2, 0) is 22.4 Å². The highest BCUT2D eigenvalue weighted by atomic mass is 32.1.